The van der Waals surface area contributed by atoms with E-state index in [-0.39, 0.29) is 12.8 Å². The monoisotopic (exact) mass is 473 g/mol. The van der Waals surface area contributed by atoms with Gasteiger partial charge in [0.15, 0.2) is 0 Å². The third-order valence-corrected chi connectivity index (χ3v) is 8.81. The number of carbonyl (C=O) groups is 1. The Balaban J connectivity index is 1.66. The van der Waals surface area contributed by atoms with Gasteiger partial charge in [0.1, 0.15) is 12.8 Å². The minimum absolute atomic E-state index is 0.160. The lowest BCUT2D eigenvalue weighted by Crippen LogP contribution is -2.36. The summed E-state index contributed by atoms with van der Waals surface area (Å²) in [5, 5.41) is 10.1. The highest BCUT2D eigenvalue weighted by molar-refractivity contribution is 5.60. The summed E-state index contributed by atoms with van der Waals surface area (Å²) in [6, 6.07) is 0. The highest BCUT2D eigenvalue weighted by atomic mass is 16.7. The maximum Gasteiger partial charge on any atom is 0.509 e. The first-order valence-electron chi connectivity index (χ1n) is 13.4. The molecule has 5 atom stereocenters. The van der Waals surface area contributed by atoms with E-state index in [1.165, 1.54) is 44.1 Å². The number of allylic oxidation sites excluding steroid dienone is 4. The maximum absolute atomic E-state index is 11.7. The van der Waals surface area contributed by atoms with Crippen molar-refractivity contribution in [3.63, 3.8) is 0 Å². The quantitative estimate of drug-likeness (QED) is 0.299. The predicted molar refractivity (Wildman–Crippen MR) is 137 cm³/mol. The molecule has 3 saturated carbocycles. The molecule has 3 N–H and O–H groups in total. The van der Waals surface area contributed by atoms with Gasteiger partial charge in [-0.05, 0) is 94.0 Å². The molecule has 0 heterocycles. The molecular weight excluding hydrogens is 426 g/mol. The number of carbonyl (C=O) groups excluding carboxylic acids is 1. The van der Waals surface area contributed by atoms with E-state index in [1.54, 1.807) is 5.57 Å². The molecule has 192 valence electrons. The van der Waals surface area contributed by atoms with E-state index in [2.05, 4.69) is 32.6 Å². The smallest absolute Gasteiger partial charge is 0.431 e. The van der Waals surface area contributed by atoms with Crippen molar-refractivity contribution in [3.05, 3.63) is 35.5 Å². The summed E-state index contributed by atoms with van der Waals surface area (Å²) in [4.78, 5) is 11.7. The predicted octanol–water partition coefficient (Wildman–Crippen LogP) is 6.81. The average Bonchev–Trinajstić information content (AvgIpc) is 3.11. The third-order valence-electron chi connectivity index (χ3n) is 8.81. The number of rotatable bonds is 8. The van der Waals surface area contributed by atoms with Crippen molar-refractivity contribution < 1.29 is 19.4 Å². The normalized spacial score (nSPS) is 33.1. The minimum atomic E-state index is -0.686. The van der Waals surface area contributed by atoms with Crippen molar-refractivity contribution in [2.24, 2.45) is 28.9 Å². The highest BCUT2D eigenvalue weighted by Crippen LogP contribution is 2.60. The van der Waals surface area contributed by atoms with Crippen molar-refractivity contribution in [1.82, 2.24) is 0 Å². The molecule has 0 spiro atoms. The molecule has 0 amide bonds. The zero-order valence-electron chi connectivity index (χ0n) is 21.9. The van der Waals surface area contributed by atoms with Crippen LogP contribution in [0, 0.1) is 23.2 Å². The molecular formula is C29H47NO4. The first-order valence-corrected chi connectivity index (χ1v) is 13.4. The fourth-order valence-corrected chi connectivity index (χ4v) is 6.99. The fourth-order valence-electron chi connectivity index (χ4n) is 6.99. The van der Waals surface area contributed by atoms with E-state index in [4.69, 9.17) is 15.2 Å². The molecule has 3 aliphatic rings. The largest absolute Gasteiger partial charge is 0.509 e. The zero-order chi connectivity index (χ0) is 24.9. The minimum Gasteiger partial charge on any atom is -0.431 e. The Hall–Kier alpha value is -1.59. The Kier molecular flexibility index (Phi) is 9.08. The maximum atomic E-state index is 11.7. The number of ether oxygens (including phenoxy) is 2. The second-order valence-electron chi connectivity index (χ2n) is 11.9. The van der Waals surface area contributed by atoms with Crippen LogP contribution < -0.4 is 5.73 Å². The Labute approximate surface area is 206 Å². The molecule has 0 aromatic carbocycles. The van der Waals surface area contributed by atoms with Crippen LogP contribution in [-0.4, -0.2) is 29.7 Å². The molecule has 0 saturated heterocycles. The molecule has 0 aromatic rings. The summed E-state index contributed by atoms with van der Waals surface area (Å²) in [5.74, 6) is 2.11. The van der Waals surface area contributed by atoms with Gasteiger partial charge >= 0.3 is 6.16 Å². The van der Waals surface area contributed by atoms with Gasteiger partial charge in [-0.3, -0.25) is 5.73 Å². The summed E-state index contributed by atoms with van der Waals surface area (Å²) in [5.41, 5.74) is 9.00. The molecule has 3 fully saturated rings. The molecule has 0 radical (unpaired) electrons. The summed E-state index contributed by atoms with van der Waals surface area (Å²) >= 11 is 0. The van der Waals surface area contributed by atoms with Crippen molar-refractivity contribution in [2.45, 2.75) is 110 Å². The molecule has 0 aromatic heterocycles. The first kappa shape index (κ1) is 27.0. The van der Waals surface area contributed by atoms with Crippen molar-refractivity contribution in [2.75, 3.05) is 6.73 Å². The van der Waals surface area contributed by atoms with Crippen LogP contribution in [0.5, 0.6) is 0 Å². The van der Waals surface area contributed by atoms with Crippen LogP contribution in [0.3, 0.4) is 0 Å². The Morgan fingerprint density at radius 2 is 2.06 bits per heavy atom. The van der Waals surface area contributed by atoms with E-state index in [1.807, 2.05) is 13.8 Å². The number of hydrogen-bond acceptors (Lipinski definition) is 5. The lowest BCUT2D eigenvalue weighted by Gasteiger charge is -2.44. The van der Waals surface area contributed by atoms with Gasteiger partial charge in [-0.15, -0.1) is 0 Å². The average molecular weight is 474 g/mol. The lowest BCUT2D eigenvalue weighted by molar-refractivity contribution is 0.0204. The van der Waals surface area contributed by atoms with Gasteiger partial charge in [0.05, 0.1) is 5.60 Å². The number of hydrogen-bond donors (Lipinski definition) is 2. The van der Waals surface area contributed by atoms with Gasteiger partial charge in [-0.2, -0.15) is 0 Å². The van der Waals surface area contributed by atoms with Crippen LogP contribution in [0.15, 0.2) is 35.5 Å². The molecule has 3 aliphatic carbocycles. The second kappa shape index (κ2) is 11.4. The van der Waals surface area contributed by atoms with Crippen LogP contribution in [0.2, 0.25) is 0 Å². The summed E-state index contributed by atoms with van der Waals surface area (Å²) in [7, 11) is 0. The zero-order valence-corrected chi connectivity index (χ0v) is 21.9. The number of aliphatic hydroxyl groups is 1. The van der Waals surface area contributed by atoms with Crippen molar-refractivity contribution in [1.29, 1.82) is 0 Å². The summed E-state index contributed by atoms with van der Waals surface area (Å²) in [6.07, 6.45) is 15.6. The van der Waals surface area contributed by atoms with Crippen LogP contribution in [0.1, 0.15) is 98.3 Å². The second-order valence-corrected chi connectivity index (χ2v) is 11.9. The summed E-state index contributed by atoms with van der Waals surface area (Å²) < 4.78 is 10.2. The van der Waals surface area contributed by atoms with Gasteiger partial charge in [-0.1, -0.05) is 56.6 Å². The molecule has 1 unspecified atom stereocenters. The van der Waals surface area contributed by atoms with Gasteiger partial charge in [0, 0.05) is 6.42 Å². The number of nitrogens with two attached hydrogens (primary N) is 1. The van der Waals surface area contributed by atoms with Crippen LogP contribution in [0.4, 0.5) is 4.79 Å². The molecule has 0 aliphatic heterocycles. The van der Waals surface area contributed by atoms with E-state index >= 15 is 0 Å². The standard InChI is InChI=1S/C29H47NO4/c1-20-10-13-24(34-27(31)33-19-30)18-23(20)12-11-22-9-7-17-29(5)25(14-15-26(22)29)21(2)8-6-16-28(3,4)32/h11-12,21,24-26,32H,1,6-10,13-19,30H2,2-5H3/t21-,24+,25-,26?,29-/m1/s1. The fraction of sp³-hybridized carbons (Fsp3) is 0.759. The molecule has 0 bridgehead atoms. The van der Waals surface area contributed by atoms with Gasteiger partial charge in [-0.25, -0.2) is 4.79 Å². The van der Waals surface area contributed by atoms with Crippen molar-refractivity contribution in [3.8, 4) is 0 Å². The Morgan fingerprint density at radius 3 is 2.76 bits per heavy atom. The van der Waals surface area contributed by atoms with Gasteiger partial charge in [0.2, 0.25) is 0 Å². The van der Waals surface area contributed by atoms with Crippen LogP contribution >= 0.6 is 0 Å². The number of fused-ring (bicyclic) bond motifs is 1. The van der Waals surface area contributed by atoms with Crippen molar-refractivity contribution >= 4 is 6.16 Å². The first-order chi connectivity index (χ1) is 16.0. The molecule has 5 nitrogen and oxygen atoms in total. The van der Waals surface area contributed by atoms with Crippen LogP contribution in [-0.2, 0) is 9.47 Å². The van der Waals surface area contributed by atoms with E-state index < -0.39 is 11.8 Å². The van der Waals surface area contributed by atoms with Gasteiger partial charge in [0.25, 0.3) is 0 Å². The Bertz CT molecular complexity index is 792. The summed E-state index contributed by atoms with van der Waals surface area (Å²) in [6.45, 7) is 12.9. The van der Waals surface area contributed by atoms with Crippen LogP contribution in [0.25, 0.3) is 0 Å². The Morgan fingerprint density at radius 1 is 1.29 bits per heavy atom. The van der Waals surface area contributed by atoms with E-state index in [0.29, 0.717) is 23.7 Å². The van der Waals surface area contributed by atoms with E-state index in [9.17, 15) is 9.90 Å². The van der Waals surface area contributed by atoms with E-state index in [0.717, 1.165) is 37.2 Å². The molecule has 5 heteroatoms. The molecule has 3 rings (SSSR count). The topological polar surface area (TPSA) is 81.8 Å². The third kappa shape index (κ3) is 6.75. The highest BCUT2D eigenvalue weighted by Gasteiger charge is 2.50. The van der Waals surface area contributed by atoms with Gasteiger partial charge < -0.3 is 14.6 Å². The SMILES string of the molecule is C=C1CC[C@H](OC(=O)OCN)CC1=CC=C1CCC[C@@]2(C)C1CC[C@@H]2[C@H](C)CCCC(C)(C)O. The molecule has 34 heavy (non-hydrogen) atoms. The lowest BCUT2D eigenvalue weighted by atomic mass is 9.60.